The molecule has 8 heteroatoms. The van der Waals surface area contributed by atoms with Crippen LogP contribution in [-0.4, -0.2) is 32.4 Å². The van der Waals surface area contributed by atoms with Crippen molar-refractivity contribution >= 4 is 33.2 Å². The van der Waals surface area contributed by atoms with Crippen molar-refractivity contribution in [2.45, 2.75) is 6.92 Å². The minimum atomic E-state index is -0.450. The van der Waals surface area contributed by atoms with Gasteiger partial charge in [-0.3, -0.25) is 0 Å². The molecule has 2 aromatic heterocycles. The van der Waals surface area contributed by atoms with E-state index in [-0.39, 0.29) is 11.4 Å². The molecule has 6 nitrogen and oxygen atoms in total. The van der Waals surface area contributed by atoms with Crippen LogP contribution in [0.5, 0.6) is 5.75 Å². The standard InChI is InChI=1S/C15H12BrN3O3S/c1-2-22-14(21)12-8-23-15(17-12)19-7-11(16)13(18-19)9-4-3-5-10(20)6-9/h3-8,20H,2H2,1H3. The summed E-state index contributed by atoms with van der Waals surface area (Å²) in [5.41, 5.74) is 1.71. The number of benzene rings is 1. The second-order valence-electron chi connectivity index (χ2n) is 4.56. The van der Waals surface area contributed by atoms with Crippen molar-refractivity contribution in [3.8, 4) is 22.1 Å². The Kier molecular flexibility index (Phi) is 4.44. The fourth-order valence-electron chi connectivity index (χ4n) is 1.97. The van der Waals surface area contributed by atoms with Gasteiger partial charge in [0.05, 0.1) is 11.1 Å². The van der Waals surface area contributed by atoms with Gasteiger partial charge in [0.25, 0.3) is 0 Å². The van der Waals surface area contributed by atoms with Crippen molar-refractivity contribution < 1.29 is 14.6 Å². The fraction of sp³-hybridized carbons (Fsp3) is 0.133. The second kappa shape index (κ2) is 6.51. The molecule has 0 saturated carbocycles. The zero-order valence-electron chi connectivity index (χ0n) is 12.1. The van der Waals surface area contributed by atoms with Gasteiger partial charge in [-0.15, -0.1) is 11.3 Å². The van der Waals surface area contributed by atoms with Crippen LogP contribution in [0.15, 0.2) is 40.3 Å². The summed E-state index contributed by atoms with van der Waals surface area (Å²) >= 11 is 4.75. The Balaban J connectivity index is 1.93. The minimum absolute atomic E-state index is 0.169. The average Bonchev–Trinajstić information content (AvgIpc) is 3.14. The van der Waals surface area contributed by atoms with Crippen LogP contribution in [0.25, 0.3) is 16.4 Å². The number of carbonyl (C=O) groups is 1. The fourth-order valence-corrected chi connectivity index (χ4v) is 3.19. The maximum Gasteiger partial charge on any atom is 0.357 e. The van der Waals surface area contributed by atoms with E-state index in [1.54, 1.807) is 41.4 Å². The zero-order valence-corrected chi connectivity index (χ0v) is 14.5. The first kappa shape index (κ1) is 15.7. The molecule has 3 rings (SSSR count). The van der Waals surface area contributed by atoms with Crippen molar-refractivity contribution in [3.05, 3.63) is 46.0 Å². The Bertz CT molecular complexity index is 859. The van der Waals surface area contributed by atoms with Crippen molar-refractivity contribution in [2.24, 2.45) is 0 Å². The molecule has 2 heterocycles. The Morgan fingerprint density at radius 2 is 2.30 bits per heavy atom. The van der Waals surface area contributed by atoms with Gasteiger partial charge in [0.1, 0.15) is 11.4 Å². The van der Waals surface area contributed by atoms with E-state index >= 15 is 0 Å². The molecule has 0 atom stereocenters. The van der Waals surface area contributed by atoms with E-state index in [0.717, 1.165) is 10.0 Å². The molecule has 0 aliphatic carbocycles. The van der Waals surface area contributed by atoms with Gasteiger partial charge in [-0.05, 0) is 35.0 Å². The van der Waals surface area contributed by atoms with Crippen LogP contribution in [-0.2, 0) is 4.74 Å². The Morgan fingerprint density at radius 3 is 3.04 bits per heavy atom. The van der Waals surface area contributed by atoms with Crippen LogP contribution < -0.4 is 0 Å². The molecule has 0 unspecified atom stereocenters. The first-order valence-corrected chi connectivity index (χ1v) is 8.43. The number of hydrogen-bond acceptors (Lipinski definition) is 6. The lowest BCUT2D eigenvalue weighted by molar-refractivity contribution is 0.0520. The summed E-state index contributed by atoms with van der Waals surface area (Å²) in [6, 6.07) is 6.82. The number of thiazole rings is 1. The number of phenols is 1. The number of esters is 1. The quantitative estimate of drug-likeness (QED) is 0.684. The molecule has 0 amide bonds. The van der Waals surface area contributed by atoms with Crippen molar-refractivity contribution in [3.63, 3.8) is 0 Å². The van der Waals surface area contributed by atoms with Gasteiger partial charge in [-0.2, -0.15) is 5.10 Å². The van der Waals surface area contributed by atoms with Crippen LogP contribution in [0.4, 0.5) is 0 Å². The molecule has 0 spiro atoms. The molecule has 0 radical (unpaired) electrons. The highest BCUT2D eigenvalue weighted by Crippen LogP contribution is 2.30. The van der Waals surface area contributed by atoms with Gasteiger partial charge in [0.15, 0.2) is 5.69 Å². The number of phenolic OH excluding ortho intramolecular Hbond substituents is 1. The molecule has 0 aliphatic rings. The largest absolute Gasteiger partial charge is 0.508 e. The summed E-state index contributed by atoms with van der Waals surface area (Å²) in [6.45, 7) is 2.05. The van der Waals surface area contributed by atoms with Gasteiger partial charge < -0.3 is 9.84 Å². The summed E-state index contributed by atoms with van der Waals surface area (Å²) in [4.78, 5) is 15.9. The lowest BCUT2D eigenvalue weighted by Crippen LogP contribution is -2.05. The summed E-state index contributed by atoms with van der Waals surface area (Å²) in [5, 5.41) is 16.2. The van der Waals surface area contributed by atoms with Gasteiger partial charge in [-0.1, -0.05) is 12.1 Å². The van der Waals surface area contributed by atoms with Crippen LogP contribution in [0, 0.1) is 0 Å². The van der Waals surface area contributed by atoms with Crippen molar-refractivity contribution in [1.82, 2.24) is 14.8 Å². The second-order valence-corrected chi connectivity index (χ2v) is 6.25. The molecule has 23 heavy (non-hydrogen) atoms. The van der Waals surface area contributed by atoms with E-state index in [1.165, 1.54) is 11.3 Å². The summed E-state index contributed by atoms with van der Waals surface area (Å²) in [7, 11) is 0. The highest BCUT2D eigenvalue weighted by atomic mass is 79.9. The maximum atomic E-state index is 11.7. The zero-order chi connectivity index (χ0) is 16.4. The monoisotopic (exact) mass is 393 g/mol. The predicted octanol–water partition coefficient (Wildman–Crippen LogP) is 3.64. The van der Waals surface area contributed by atoms with E-state index in [0.29, 0.717) is 17.4 Å². The van der Waals surface area contributed by atoms with Crippen molar-refractivity contribution in [2.75, 3.05) is 6.61 Å². The van der Waals surface area contributed by atoms with E-state index in [4.69, 9.17) is 4.74 Å². The van der Waals surface area contributed by atoms with E-state index in [1.807, 2.05) is 6.07 Å². The minimum Gasteiger partial charge on any atom is -0.508 e. The van der Waals surface area contributed by atoms with Gasteiger partial charge in [0, 0.05) is 17.1 Å². The Morgan fingerprint density at radius 1 is 1.48 bits per heavy atom. The molecule has 0 saturated heterocycles. The number of nitrogens with zero attached hydrogens (tertiary/aromatic N) is 3. The number of aromatic nitrogens is 3. The summed E-state index contributed by atoms with van der Waals surface area (Å²) in [6.07, 6.45) is 1.76. The van der Waals surface area contributed by atoms with E-state index < -0.39 is 5.97 Å². The topological polar surface area (TPSA) is 77.2 Å². The first-order chi connectivity index (χ1) is 11.1. The van der Waals surface area contributed by atoms with E-state index in [9.17, 15) is 9.90 Å². The smallest absolute Gasteiger partial charge is 0.357 e. The highest BCUT2D eigenvalue weighted by molar-refractivity contribution is 9.10. The number of rotatable bonds is 4. The SMILES string of the molecule is CCOC(=O)c1csc(-n2cc(Br)c(-c3cccc(O)c3)n2)n1. The summed E-state index contributed by atoms with van der Waals surface area (Å²) in [5.74, 6) is -0.280. The summed E-state index contributed by atoms with van der Waals surface area (Å²) < 4.78 is 7.27. The van der Waals surface area contributed by atoms with Crippen LogP contribution >= 0.6 is 27.3 Å². The molecule has 3 aromatic rings. The molecule has 0 aliphatic heterocycles. The van der Waals surface area contributed by atoms with Gasteiger partial charge >= 0.3 is 5.97 Å². The number of hydrogen-bond donors (Lipinski definition) is 1. The molecular formula is C15H12BrN3O3S. The molecule has 1 aromatic carbocycles. The average molecular weight is 394 g/mol. The number of halogens is 1. The number of aromatic hydroxyl groups is 1. The maximum absolute atomic E-state index is 11.7. The third kappa shape index (κ3) is 3.27. The highest BCUT2D eigenvalue weighted by Gasteiger charge is 2.16. The molecule has 1 N–H and O–H groups in total. The molecule has 0 fully saturated rings. The van der Waals surface area contributed by atoms with Gasteiger partial charge in [-0.25, -0.2) is 14.5 Å². The Labute approximate surface area is 144 Å². The van der Waals surface area contributed by atoms with Crippen LogP contribution in [0.3, 0.4) is 0 Å². The lowest BCUT2D eigenvalue weighted by Gasteiger charge is -1.99. The van der Waals surface area contributed by atoms with Gasteiger partial charge in [0.2, 0.25) is 5.13 Å². The number of ether oxygens (including phenoxy) is 1. The Hall–Kier alpha value is -2.19. The van der Waals surface area contributed by atoms with E-state index in [2.05, 4.69) is 26.0 Å². The van der Waals surface area contributed by atoms with Crippen LogP contribution in [0.1, 0.15) is 17.4 Å². The first-order valence-electron chi connectivity index (χ1n) is 6.76. The third-order valence-corrected chi connectivity index (χ3v) is 4.37. The van der Waals surface area contributed by atoms with Crippen molar-refractivity contribution in [1.29, 1.82) is 0 Å². The lowest BCUT2D eigenvalue weighted by atomic mass is 10.1. The third-order valence-electron chi connectivity index (χ3n) is 2.96. The predicted molar refractivity (Wildman–Crippen MR) is 90.0 cm³/mol. The number of carbonyl (C=O) groups excluding carboxylic acids is 1. The molecule has 118 valence electrons. The van der Waals surface area contributed by atoms with Crippen LogP contribution in [0.2, 0.25) is 0 Å². The normalized spacial score (nSPS) is 10.7. The molecular weight excluding hydrogens is 382 g/mol. The molecule has 0 bridgehead atoms.